The first-order valence-corrected chi connectivity index (χ1v) is 35.2. The molecule has 0 amide bonds. The highest BCUT2D eigenvalue weighted by Gasteiger charge is 2.51. The number of benzene rings is 15. The zero-order chi connectivity index (χ0) is 67.5. The summed E-state index contributed by atoms with van der Waals surface area (Å²) in [6.07, 6.45) is 0. The molecule has 8 heteroatoms. The lowest BCUT2D eigenvalue weighted by atomic mass is 9.30. The quantitative estimate of drug-likeness (QED) is 0.141. The predicted octanol–water partition coefficient (Wildman–Crippen LogP) is 21.6. The molecule has 6 nitrogen and oxygen atoms in total. The second kappa shape index (κ2) is 22.4. The predicted molar refractivity (Wildman–Crippen MR) is 424 cm³/mol. The van der Waals surface area contributed by atoms with Crippen LogP contribution in [0, 0.1) is 0 Å². The Morgan fingerprint density at radius 3 is 1.21 bits per heavy atom. The van der Waals surface area contributed by atoms with Crippen LogP contribution in [-0.4, -0.2) is 13.4 Å². The van der Waals surface area contributed by atoms with Crippen molar-refractivity contribution in [1.29, 1.82) is 0 Å². The molecule has 4 aliphatic heterocycles. The SMILES string of the molecule is CC(C)(C)c1cc2c3c(c1)N(c1cc(-c4ccccc4)cc4oc5ccccc5c14)c1cc4c5c(c1B3c1ccc(-c3ccccc3)cc1N2c1cc(-c2ccccc2)cc2oc3ccccc3c12)Oc1cc(-c2ccccc2)ccc1B5c1cc(-c2ccccc2)cc(-c2ccccc2)c1O4. The Bertz CT molecular complexity index is 6310. The summed E-state index contributed by atoms with van der Waals surface area (Å²) in [6.45, 7) is 6.28. The molecular weight excluding hydrogens is 1240 g/mol. The number of hydrogen-bond acceptors (Lipinski definition) is 6. The molecule has 15 aromatic carbocycles. The summed E-state index contributed by atoms with van der Waals surface area (Å²) in [5.74, 6) is 3.14. The molecule has 0 bridgehead atoms. The van der Waals surface area contributed by atoms with Gasteiger partial charge in [0.15, 0.2) is 0 Å². The van der Waals surface area contributed by atoms with Crippen molar-refractivity contribution in [2.75, 3.05) is 9.80 Å². The molecule has 0 fully saturated rings. The normalized spacial score (nSPS) is 13.1. The van der Waals surface area contributed by atoms with Crippen molar-refractivity contribution in [2.45, 2.75) is 26.2 Å². The smallest absolute Gasteiger partial charge is 0.260 e. The number of hydrogen-bond donors (Lipinski definition) is 0. The van der Waals surface area contributed by atoms with Gasteiger partial charge in [-0.25, -0.2) is 0 Å². The van der Waals surface area contributed by atoms with Gasteiger partial charge < -0.3 is 28.1 Å². The number of para-hydroxylation sites is 2. The second-order valence-electron chi connectivity index (χ2n) is 28.6. The molecule has 0 saturated carbocycles. The summed E-state index contributed by atoms with van der Waals surface area (Å²) < 4.78 is 30.4. The summed E-state index contributed by atoms with van der Waals surface area (Å²) >= 11 is 0. The Morgan fingerprint density at radius 2 is 0.686 bits per heavy atom. The van der Waals surface area contributed by atoms with Crippen LogP contribution in [0.5, 0.6) is 23.0 Å². The van der Waals surface area contributed by atoms with Gasteiger partial charge in [0.25, 0.3) is 13.4 Å². The van der Waals surface area contributed by atoms with Gasteiger partial charge in [-0.2, -0.15) is 0 Å². The molecule has 2 aromatic heterocycles. The maximum absolute atomic E-state index is 8.17. The van der Waals surface area contributed by atoms with E-state index in [-0.39, 0.29) is 12.1 Å². The minimum absolute atomic E-state index is 0.337. The van der Waals surface area contributed by atoms with E-state index >= 15 is 0 Å². The molecular formula is C94H62B2N2O4. The number of furan rings is 2. The molecule has 4 aliphatic rings. The van der Waals surface area contributed by atoms with Crippen LogP contribution in [0.3, 0.4) is 0 Å². The van der Waals surface area contributed by atoms with Crippen LogP contribution < -0.4 is 52.1 Å². The van der Waals surface area contributed by atoms with Gasteiger partial charge in [0, 0.05) is 50.6 Å². The molecule has 6 heterocycles. The van der Waals surface area contributed by atoms with Gasteiger partial charge in [-0.3, -0.25) is 0 Å². The van der Waals surface area contributed by atoms with E-state index in [0.717, 1.165) is 201 Å². The highest BCUT2D eigenvalue weighted by molar-refractivity contribution is 7.03. The van der Waals surface area contributed by atoms with Crippen molar-refractivity contribution in [2.24, 2.45) is 0 Å². The molecule has 17 aromatic rings. The standard InChI is InChI=1S/C94H62B2N2O4/c1-94(2,3)68-54-78-89-79(55-68)98(77-50-67(61-34-18-8-19-35-61)53-85-88(77)70-39-23-25-41-82(70)100-85)80-56-86-91-93(101-83-51-64(58-28-12-5-13-29-58)43-45-73(83)95(91)74-47-65(59-30-14-6-15-31-59)46-71(92(74)102-86)62-36-20-9-21-37-62)90(80)96(89)72-44-42-63(57-26-10-4-11-27-57)48-75(72)97(78)76-49-66(60-32-16-7-17-33-60)52-84-87(76)69-38-22-24-40-81(69)99-84/h4-56H,1-3H3. The van der Waals surface area contributed by atoms with E-state index in [1.54, 1.807) is 0 Å². The van der Waals surface area contributed by atoms with Gasteiger partial charge in [0.1, 0.15) is 45.3 Å². The molecule has 0 radical (unpaired) electrons. The van der Waals surface area contributed by atoms with Gasteiger partial charge in [0.2, 0.25) is 0 Å². The highest BCUT2D eigenvalue weighted by atomic mass is 16.5. The van der Waals surface area contributed by atoms with Crippen molar-refractivity contribution in [3.05, 3.63) is 327 Å². The Labute approximate surface area is 591 Å². The van der Waals surface area contributed by atoms with E-state index < -0.39 is 6.71 Å². The average molecular weight is 1310 g/mol. The summed E-state index contributed by atoms with van der Waals surface area (Å²) in [5.41, 5.74) is 29.5. The van der Waals surface area contributed by atoms with E-state index in [0.29, 0.717) is 0 Å². The number of rotatable bonds is 8. The zero-order valence-corrected chi connectivity index (χ0v) is 56.3. The zero-order valence-electron chi connectivity index (χ0n) is 56.3. The lowest BCUT2D eigenvalue weighted by molar-refractivity contribution is 0.468. The van der Waals surface area contributed by atoms with Crippen molar-refractivity contribution in [3.8, 4) is 89.8 Å². The molecule has 0 atom stereocenters. The minimum atomic E-state index is -0.425. The average Bonchev–Trinajstić information content (AvgIpc) is 0.734. The molecule has 478 valence electrons. The highest BCUT2D eigenvalue weighted by Crippen LogP contribution is 2.55. The Hall–Kier alpha value is -12.8. The fourth-order valence-electron chi connectivity index (χ4n) is 16.9. The Kier molecular flexibility index (Phi) is 12.8. The molecule has 0 saturated heterocycles. The van der Waals surface area contributed by atoms with E-state index in [1.807, 2.05) is 0 Å². The monoisotopic (exact) mass is 1300 g/mol. The molecule has 102 heavy (non-hydrogen) atoms. The summed E-state index contributed by atoms with van der Waals surface area (Å²) in [7, 11) is 0. The lowest BCUT2D eigenvalue weighted by Gasteiger charge is -2.47. The maximum Gasteiger partial charge on any atom is 0.260 e. The van der Waals surface area contributed by atoms with Crippen LogP contribution in [0.1, 0.15) is 26.3 Å². The first-order valence-electron chi connectivity index (χ1n) is 35.2. The number of anilines is 6. The second-order valence-corrected chi connectivity index (χ2v) is 28.6. The molecule has 21 rings (SSSR count). The van der Waals surface area contributed by atoms with Crippen molar-refractivity contribution in [3.63, 3.8) is 0 Å². The maximum atomic E-state index is 8.17. The van der Waals surface area contributed by atoms with Crippen molar-refractivity contribution >= 4 is 124 Å². The third kappa shape index (κ3) is 8.95. The minimum Gasteiger partial charge on any atom is -0.459 e. The molecule has 0 aliphatic carbocycles. The van der Waals surface area contributed by atoms with Crippen LogP contribution in [0.4, 0.5) is 34.1 Å². The largest absolute Gasteiger partial charge is 0.459 e. The summed E-state index contributed by atoms with van der Waals surface area (Å²) in [5, 5.41) is 4.09. The van der Waals surface area contributed by atoms with E-state index in [1.165, 1.54) is 5.56 Å². The number of fused-ring (bicyclic) bond motifs is 15. The van der Waals surface area contributed by atoms with Crippen LogP contribution in [-0.2, 0) is 5.41 Å². The van der Waals surface area contributed by atoms with E-state index in [2.05, 4.69) is 352 Å². The third-order valence-electron chi connectivity index (χ3n) is 21.7. The van der Waals surface area contributed by atoms with Crippen molar-refractivity contribution in [1.82, 2.24) is 0 Å². The van der Waals surface area contributed by atoms with Gasteiger partial charge in [0.05, 0.1) is 22.1 Å². The topological polar surface area (TPSA) is 51.2 Å². The first kappa shape index (κ1) is 58.2. The Morgan fingerprint density at radius 1 is 0.265 bits per heavy atom. The van der Waals surface area contributed by atoms with Crippen LogP contribution in [0.2, 0.25) is 0 Å². The number of nitrogens with zero attached hydrogens (tertiary/aromatic N) is 2. The van der Waals surface area contributed by atoms with Crippen LogP contribution in [0.15, 0.2) is 330 Å². The first-order chi connectivity index (χ1) is 50.2. The third-order valence-corrected chi connectivity index (χ3v) is 21.7. The Balaban J connectivity index is 0.941. The van der Waals surface area contributed by atoms with E-state index in [9.17, 15) is 0 Å². The van der Waals surface area contributed by atoms with Gasteiger partial charge >= 0.3 is 0 Å². The number of ether oxygens (including phenoxy) is 2. The molecule has 0 N–H and O–H groups in total. The van der Waals surface area contributed by atoms with Crippen LogP contribution in [0.25, 0.3) is 111 Å². The van der Waals surface area contributed by atoms with Gasteiger partial charge in [-0.05, 0) is 166 Å². The fourth-order valence-corrected chi connectivity index (χ4v) is 16.9. The lowest BCUT2D eigenvalue weighted by Crippen LogP contribution is -2.65. The van der Waals surface area contributed by atoms with E-state index in [4.69, 9.17) is 18.3 Å². The summed E-state index contributed by atoms with van der Waals surface area (Å²) in [4.78, 5) is 5.17. The fraction of sp³-hybridized carbons (Fsp3) is 0.0426. The summed E-state index contributed by atoms with van der Waals surface area (Å²) in [6, 6.07) is 117. The van der Waals surface area contributed by atoms with Gasteiger partial charge in [-0.15, -0.1) is 0 Å². The van der Waals surface area contributed by atoms with Crippen LogP contribution >= 0.6 is 0 Å². The van der Waals surface area contributed by atoms with Gasteiger partial charge in [-0.1, -0.05) is 269 Å². The molecule has 0 spiro atoms. The molecule has 0 unspecified atom stereocenters. The van der Waals surface area contributed by atoms with Crippen molar-refractivity contribution < 1.29 is 18.3 Å².